The van der Waals surface area contributed by atoms with Crippen LogP contribution in [-0.2, 0) is 20.7 Å². The molecule has 0 fully saturated rings. The summed E-state index contributed by atoms with van der Waals surface area (Å²) >= 11 is 6.26. The summed E-state index contributed by atoms with van der Waals surface area (Å²) in [5.74, 6) is -0.651. The van der Waals surface area contributed by atoms with Crippen molar-refractivity contribution in [2.75, 3.05) is 0 Å². The van der Waals surface area contributed by atoms with Crippen molar-refractivity contribution in [2.45, 2.75) is 5.60 Å². The molecule has 1 spiro atoms. The Morgan fingerprint density at radius 3 is 2.40 bits per heavy atom. The molecule has 30 heavy (non-hydrogen) atoms. The highest BCUT2D eigenvalue weighted by atomic mass is 35.5. The first-order chi connectivity index (χ1) is 14.2. The number of esters is 1. The molecule has 1 atom stereocenters. The summed E-state index contributed by atoms with van der Waals surface area (Å²) in [7, 11) is -4.76. The average molecular weight is 447 g/mol. The molecule has 0 bridgehead atoms. The van der Waals surface area contributed by atoms with E-state index in [9.17, 15) is 18.3 Å². The normalized spacial score (nSPS) is 18.8. The summed E-state index contributed by atoms with van der Waals surface area (Å²) in [6.07, 6.45) is 0. The molecule has 0 amide bonds. The van der Waals surface area contributed by atoms with Gasteiger partial charge >= 0.3 is 16.4 Å². The maximum atomic E-state index is 12.8. The Bertz CT molecular complexity index is 1350. The van der Waals surface area contributed by atoms with Crippen LogP contribution in [0.4, 0.5) is 0 Å². The van der Waals surface area contributed by atoms with Gasteiger partial charge in [-0.15, -0.1) is 0 Å². The van der Waals surface area contributed by atoms with Crippen LogP contribution in [0.3, 0.4) is 0 Å². The zero-order valence-corrected chi connectivity index (χ0v) is 16.4. The zero-order valence-electron chi connectivity index (χ0n) is 14.8. The predicted molar refractivity (Wildman–Crippen MR) is 104 cm³/mol. The van der Waals surface area contributed by atoms with Crippen molar-refractivity contribution in [1.29, 1.82) is 0 Å². The van der Waals surface area contributed by atoms with Crippen molar-refractivity contribution >= 4 is 28.0 Å². The van der Waals surface area contributed by atoms with Crippen molar-refractivity contribution in [1.82, 2.24) is 0 Å². The smallest absolute Gasteiger partial charge is 0.446 e. The first-order valence-electron chi connectivity index (χ1n) is 8.54. The van der Waals surface area contributed by atoms with Gasteiger partial charge in [-0.1, -0.05) is 23.7 Å². The monoisotopic (exact) mass is 446 g/mol. The Hall–Kier alpha value is -3.27. The quantitative estimate of drug-likeness (QED) is 0.450. The SMILES string of the molecule is O=C1OC2(c3ccc(O)cc3Oc3cc(OS(=O)(=O)O)ccc32)c2cccc(Cl)c21. The van der Waals surface area contributed by atoms with E-state index in [1.165, 1.54) is 30.3 Å². The molecule has 5 rings (SSSR count). The topological polar surface area (TPSA) is 119 Å². The van der Waals surface area contributed by atoms with Crippen molar-refractivity contribution < 1.29 is 36.5 Å². The van der Waals surface area contributed by atoms with Crippen molar-refractivity contribution in [3.05, 3.63) is 81.9 Å². The number of benzene rings is 3. The van der Waals surface area contributed by atoms with E-state index in [4.69, 9.17) is 25.6 Å². The molecule has 2 aliphatic heterocycles. The fraction of sp³-hybridized carbons (Fsp3) is 0.0500. The lowest BCUT2D eigenvalue weighted by molar-refractivity contribution is 0.0224. The summed E-state index contributed by atoms with van der Waals surface area (Å²) in [5.41, 5.74) is 0.0671. The molecule has 3 aromatic carbocycles. The molecule has 10 heteroatoms. The van der Waals surface area contributed by atoms with Gasteiger partial charge in [0.1, 0.15) is 23.0 Å². The van der Waals surface area contributed by atoms with Crippen LogP contribution in [0, 0.1) is 0 Å². The number of rotatable bonds is 2. The number of ether oxygens (including phenoxy) is 2. The number of phenolic OH excluding ortho intramolecular Hbond substituents is 1. The second-order valence-corrected chi connectivity index (χ2v) is 8.11. The van der Waals surface area contributed by atoms with Crippen LogP contribution in [-0.4, -0.2) is 24.0 Å². The highest BCUT2D eigenvalue weighted by molar-refractivity contribution is 7.81. The van der Waals surface area contributed by atoms with Gasteiger partial charge in [0.05, 0.1) is 10.6 Å². The molecule has 0 aromatic heterocycles. The Balaban J connectivity index is 1.82. The fourth-order valence-electron chi connectivity index (χ4n) is 3.87. The van der Waals surface area contributed by atoms with Gasteiger partial charge in [0.2, 0.25) is 0 Å². The van der Waals surface area contributed by atoms with E-state index in [-0.39, 0.29) is 33.6 Å². The maximum absolute atomic E-state index is 12.8. The number of fused-ring (bicyclic) bond motifs is 6. The number of phenols is 1. The molecule has 0 saturated heterocycles. The molecule has 1 unspecified atom stereocenters. The predicted octanol–water partition coefficient (Wildman–Crippen LogP) is 3.80. The van der Waals surface area contributed by atoms with Gasteiger partial charge in [-0.25, -0.2) is 4.79 Å². The number of hydrogen-bond donors (Lipinski definition) is 2. The standard InChI is InChI=1S/C20H11ClO8S/c21-15-3-1-2-14-18(15)19(23)28-20(14)12-6-4-10(22)8-16(12)27-17-9-11(5-7-13(17)20)29-30(24,25)26/h1-9,22H,(H,24,25,26). The van der Waals surface area contributed by atoms with E-state index in [0.29, 0.717) is 16.7 Å². The van der Waals surface area contributed by atoms with Gasteiger partial charge in [0.25, 0.3) is 0 Å². The van der Waals surface area contributed by atoms with Gasteiger partial charge in [0.15, 0.2) is 5.60 Å². The fourth-order valence-corrected chi connectivity index (χ4v) is 4.47. The molecular formula is C20H11ClO8S. The largest absolute Gasteiger partial charge is 0.508 e. The van der Waals surface area contributed by atoms with Gasteiger partial charge < -0.3 is 18.8 Å². The van der Waals surface area contributed by atoms with Gasteiger partial charge in [-0.2, -0.15) is 8.42 Å². The Morgan fingerprint density at radius 1 is 0.967 bits per heavy atom. The van der Waals surface area contributed by atoms with E-state index >= 15 is 0 Å². The van der Waals surface area contributed by atoms with E-state index in [0.717, 1.165) is 0 Å². The number of aromatic hydroxyl groups is 1. The molecule has 0 saturated carbocycles. The molecule has 2 N–H and O–H groups in total. The van der Waals surface area contributed by atoms with Crippen LogP contribution in [0.1, 0.15) is 27.0 Å². The van der Waals surface area contributed by atoms with Crippen LogP contribution in [0.25, 0.3) is 0 Å². The molecule has 0 aliphatic carbocycles. The van der Waals surface area contributed by atoms with Crippen LogP contribution in [0.2, 0.25) is 5.02 Å². The van der Waals surface area contributed by atoms with Gasteiger partial charge in [-0.05, 0) is 30.3 Å². The Labute approximate surface area is 175 Å². The van der Waals surface area contributed by atoms with E-state index in [2.05, 4.69) is 4.18 Å². The molecule has 0 radical (unpaired) electrons. The summed E-state index contributed by atoms with van der Waals surface area (Å²) < 4.78 is 47.4. The van der Waals surface area contributed by atoms with Crippen LogP contribution < -0.4 is 8.92 Å². The third kappa shape index (κ3) is 2.63. The second-order valence-electron chi connectivity index (χ2n) is 6.68. The summed E-state index contributed by atoms with van der Waals surface area (Å²) in [5, 5.41) is 10.1. The molecule has 2 aliphatic rings. The third-order valence-corrected chi connectivity index (χ3v) is 5.66. The Morgan fingerprint density at radius 2 is 1.67 bits per heavy atom. The third-order valence-electron chi connectivity index (χ3n) is 4.94. The Kier molecular flexibility index (Phi) is 3.82. The molecular weight excluding hydrogens is 436 g/mol. The minimum Gasteiger partial charge on any atom is -0.508 e. The minimum atomic E-state index is -4.76. The lowest BCUT2D eigenvalue weighted by atomic mass is 9.77. The van der Waals surface area contributed by atoms with Crippen molar-refractivity contribution in [3.8, 4) is 23.0 Å². The maximum Gasteiger partial charge on any atom is 0.446 e. The second kappa shape index (κ2) is 6.11. The van der Waals surface area contributed by atoms with Crippen molar-refractivity contribution in [3.63, 3.8) is 0 Å². The summed E-state index contributed by atoms with van der Waals surface area (Å²) in [6.45, 7) is 0. The van der Waals surface area contributed by atoms with E-state index in [1.807, 2.05) is 0 Å². The number of carbonyl (C=O) groups excluding carboxylic acids is 1. The highest BCUT2D eigenvalue weighted by Crippen LogP contribution is 2.57. The van der Waals surface area contributed by atoms with E-state index in [1.54, 1.807) is 24.3 Å². The highest BCUT2D eigenvalue weighted by Gasteiger charge is 2.54. The number of hydrogen-bond acceptors (Lipinski definition) is 7. The average Bonchev–Trinajstić information content (AvgIpc) is 2.94. The lowest BCUT2D eigenvalue weighted by Gasteiger charge is -2.36. The van der Waals surface area contributed by atoms with E-state index < -0.39 is 22.0 Å². The van der Waals surface area contributed by atoms with Crippen LogP contribution in [0.5, 0.6) is 23.0 Å². The van der Waals surface area contributed by atoms with Crippen LogP contribution >= 0.6 is 11.6 Å². The molecule has 152 valence electrons. The number of carbonyl (C=O) groups is 1. The first-order valence-corrected chi connectivity index (χ1v) is 10.3. The van der Waals surface area contributed by atoms with Crippen LogP contribution in [0.15, 0.2) is 54.6 Å². The molecule has 2 heterocycles. The number of halogens is 1. The zero-order chi connectivity index (χ0) is 21.3. The van der Waals surface area contributed by atoms with Gasteiger partial charge in [-0.3, -0.25) is 4.55 Å². The minimum absolute atomic E-state index is 0.0895. The summed E-state index contributed by atoms with van der Waals surface area (Å²) in [4.78, 5) is 12.8. The lowest BCUT2D eigenvalue weighted by Crippen LogP contribution is -2.33. The van der Waals surface area contributed by atoms with Gasteiger partial charge in [0, 0.05) is 28.8 Å². The van der Waals surface area contributed by atoms with Crippen molar-refractivity contribution in [2.24, 2.45) is 0 Å². The molecule has 3 aromatic rings. The summed E-state index contributed by atoms with van der Waals surface area (Å²) in [6, 6.07) is 13.3. The first kappa shape index (κ1) is 18.7. The molecule has 8 nitrogen and oxygen atoms in total.